The minimum absolute atomic E-state index is 0. The van der Waals surface area contributed by atoms with E-state index in [2.05, 4.69) is 25.5 Å². The van der Waals surface area contributed by atoms with Crippen LogP contribution in [0.25, 0.3) is 0 Å². The molecule has 0 bridgehead atoms. The molecule has 0 spiro atoms. The van der Waals surface area contributed by atoms with E-state index in [1.54, 1.807) is 34.0 Å². The Kier molecular flexibility index (Phi) is 9.07. The van der Waals surface area contributed by atoms with Gasteiger partial charge in [-0.05, 0) is 39.3 Å². The number of rotatable bonds is 5. The van der Waals surface area contributed by atoms with Crippen molar-refractivity contribution in [3.63, 3.8) is 0 Å². The minimum Gasteiger partial charge on any atom is -0.355 e. The third kappa shape index (κ3) is 6.63. The molecule has 2 heterocycles. The highest BCUT2D eigenvalue weighted by Crippen LogP contribution is 2.25. The van der Waals surface area contributed by atoms with Crippen LogP contribution in [0.4, 0.5) is 5.82 Å². The Morgan fingerprint density at radius 3 is 2.74 bits per heavy atom. The lowest BCUT2D eigenvalue weighted by Gasteiger charge is -2.21. The van der Waals surface area contributed by atoms with E-state index in [0.29, 0.717) is 17.5 Å². The summed E-state index contributed by atoms with van der Waals surface area (Å²) in [5.41, 5.74) is 0. The fourth-order valence-electron chi connectivity index (χ4n) is 2.68. The minimum atomic E-state index is -3.15. The molecule has 1 aromatic rings. The highest BCUT2D eigenvalue weighted by atomic mass is 127. The quantitative estimate of drug-likeness (QED) is 0.346. The van der Waals surface area contributed by atoms with Crippen molar-refractivity contribution in [2.24, 2.45) is 4.99 Å². The van der Waals surface area contributed by atoms with Gasteiger partial charge in [0.1, 0.15) is 5.82 Å². The van der Waals surface area contributed by atoms with Gasteiger partial charge < -0.3 is 15.5 Å². The van der Waals surface area contributed by atoms with E-state index in [4.69, 9.17) is 11.6 Å². The zero-order valence-electron chi connectivity index (χ0n) is 16.2. The molecule has 154 valence electrons. The molecule has 0 radical (unpaired) electrons. The second-order valence-corrected chi connectivity index (χ2v) is 10.6. The first-order chi connectivity index (χ1) is 12.1. The molecule has 0 aromatic carbocycles. The Bertz CT molecular complexity index is 752. The summed E-state index contributed by atoms with van der Waals surface area (Å²) in [6.07, 6.45) is 2.66. The number of hydrogen-bond donors (Lipinski definition) is 2. The van der Waals surface area contributed by atoms with Crippen LogP contribution in [0.5, 0.6) is 0 Å². The Hall–Kier alpha value is -0.810. The maximum absolute atomic E-state index is 12.2. The molecule has 1 aromatic heterocycles. The van der Waals surface area contributed by atoms with E-state index in [0.717, 1.165) is 25.3 Å². The van der Waals surface area contributed by atoms with Gasteiger partial charge in [0.2, 0.25) is 0 Å². The van der Waals surface area contributed by atoms with Gasteiger partial charge >= 0.3 is 0 Å². The van der Waals surface area contributed by atoms with Crippen LogP contribution in [0, 0.1) is 0 Å². The molecule has 1 atom stereocenters. The summed E-state index contributed by atoms with van der Waals surface area (Å²) in [6, 6.07) is 3.84. The van der Waals surface area contributed by atoms with Crippen molar-refractivity contribution >= 4 is 57.2 Å². The molecule has 0 amide bonds. The van der Waals surface area contributed by atoms with Gasteiger partial charge in [0.25, 0.3) is 0 Å². The number of pyridine rings is 1. The highest BCUT2D eigenvalue weighted by molar-refractivity contribution is 14.0. The highest BCUT2D eigenvalue weighted by Gasteiger charge is 2.29. The summed E-state index contributed by atoms with van der Waals surface area (Å²) in [6.45, 7) is 7.07. The second kappa shape index (κ2) is 10.1. The largest absolute Gasteiger partial charge is 0.355 e. The Morgan fingerprint density at radius 1 is 1.44 bits per heavy atom. The third-order valence-corrected chi connectivity index (χ3v) is 7.29. The lowest BCUT2D eigenvalue weighted by Crippen LogP contribution is -2.46. The van der Waals surface area contributed by atoms with E-state index in [-0.39, 0.29) is 35.8 Å². The Balaban J connectivity index is 0.00000364. The summed E-state index contributed by atoms with van der Waals surface area (Å²) in [7, 11) is -1.48. The summed E-state index contributed by atoms with van der Waals surface area (Å²) in [5.74, 6) is 1.46. The maximum atomic E-state index is 12.2. The van der Waals surface area contributed by atoms with E-state index >= 15 is 0 Å². The van der Waals surface area contributed by atoms with Crippen LogP contribution < -0.4 is 15.5 Å². The Morgan fingerprint density at radius 2 is 2.15 bits per heavy atom. The average Bonchev–Trinajstić information content (AvgIpc) is 3.01. The van der Waals surface area contributed by atoms with Crippen molar-refractivity contribution in [1.29, 1.82) is 0 Å². The van der Waals surface area contributed by atoms with Gasteiger partial charge in [-0.2, -0.15) is 0 Å². The number of hydrogen-bond acceptors (Lipinski definition) is 5. The fraction of sp³-hybridized carbons (Fsp3) is 0.647. The molecule has 0 aliphatic carbocycles. The average molecular weight is 530 g/mol. The van der Waals surface area contributed by atoms with Crippen molar-refractivity contribution in [1.82, 2.24) is 15.6 Å². The molecular formula is C17H29ClIN5O2S. The van der Waals surface area contributed by atoms with Gasteiger partial charge in [0, 0.05) is 38.9 Å². The van der Waals surface area contributed by atoms with Gasteiger partial charge in [-0.25, -0.2) is 13.4 Å². The molecule has 1 saturated heterocycles. The van der Waals surface area contributed by atoms with Gasteiger partial charge in [-0.15, -0.1) is 24.0 Å². The van der Waals surface area contributed by atoms with Gasteiger partial charge in [-0.1, -0.05) is 11.6 Å². The van der Waals surface area contributed by atoms with Crippen molar-refractivity contribution in [3.05, 3.63) is 23.4 Å². The number of guanidine groups is 1. The van der Waals surface area contributed by atoms with Crippen molar-refractivity contribution in [2.75, 3.05) is 37.3 Å². The summed E-state index contributed by atoms with van der Waals surface area (Å²) >= 11 is 6.22. The topological polar surface area (TPSA) is 86.7 Å². The van der Waals surface area contributed by atoms with E-state index < -0.39 is 14.6 Å². The monoisotopic (exact) mass is 529 g/mol. The molecule has 1 aliphatic heterocycles. The van der Waals surface area contributed by atoms with E-state index in [1.807, 2.05) is 12.1 Å². The SMILES string of the molecule is CN=C(NCCS(=O)(=O)C(C)(C)C)NC1CCN(c2ncccc2Cl)C1.I. The van der Waals surface area contributed by atoms with E-state index in [9.17, 15) is 8.42 Å². The number of aromatic nitrogens is 1. The number of nitrogens with zero attached hydrogens (tertiary/aromatic N) is 3. The predicted molar refractivity (Wildman–Crippen MR) is 123 cm³/mol. The molecule has 1 unspecified atom stereocenters. The standard InChI is InChI=1S/C17H28ClN5O2S.HI/c1-17(2,3)26(24,25)11-9-21-16(19-4)22-13-7-10-23(12-13)15-14(18)6-5-8-20-15;/h5-6,8,13H,7,9-12H2,1-4H3,(H2,19,21,22);1H. The summed E-state index contributed by atoms with van der Waals surface area (Å²) in [5, 5.41) is 7.07. The van der Waals surface area contributed by atoms with Gasteiger partial charge in [-0.3, -0.25) is 4.99 Å². The molecule has 2 N–H and O–H groups in total. The van der Waals surface area contributed by atoms with Gasteiger partial charge in [0.05, 0.1) is 15.5 Å². The molecule has 0 saturated carbocycles. The smallest absolute Gasteiger partial charge is 0.191 e. The zero-order chi connectivity index (χ0) is 19.4. The van der Waals surface area contributed by atoms with Crippen LogP contribution in [0.1, 0.15) is 27.2 Å². The molecule has 7 nitrogen and oxygen atoms in total. The van der Waals surface area contributed by atoms with Crippen LogP contribution in [0.3, 0.4) is 0 Å². The van der Waals surface area contributed by atoms with Crippen LogP contribution in [0.15, 0.2) is 23.3 Å². The number of nitrogens with one attached hydrogen (secondary N) is 2. The van der Waals surface area contributed by atoms with Crippen molar-refractivity contribution < 1.29 is 8.42 Å². The lowest BCUT2D eigenvalue weighted by molar-refractivity contribution is 0.558. The Labute approximate surface area is 184 Å². The molecule has 10 heteroatoms. The first-order valence-corrected chi connectivity index (χ1v) is 10.7. The number of aliphatic imine (C=N–C) groups is 1. The summed E-state index contributed by atoms with van der Waals surface area (Å²) in [4.78, 5) is 10.7. The number of halogens is 2. The molecule has 2 rings (SSSR count). The number of anilines is 1. The van der Waals surface area contributed by atoms with Crippen molar-refractivity contribution in [3.8, 4) is 0 Å². The molecule has 1 aliphatic rings. The third-order valence-electron chi connectivity index (χ3n) is 4.39. The normalized spacial score (nSPS) is 18.2. The fourth-order valence-corrected chi connectivity index (χ4v) is 3.90. The first-order valence-electron chi connectivity index (χ1n) is 8.69. The van der Waals surface area contributed by atoms with Crippen molar-refractivity contribution in [2.45, 2.75) is 38.0 Å². The molecular weight excluding hydrogens is 501 g/mol. The van der Waals surface area contributed by atoms with Crippen LogP contribution >= 0.6 is 35.6 Å². The molecule has 27 heavy (non-hydrogen) atoms. The van der Waals surface area contributed by atoms with Crippen LogP contribution in [-0.2, 0) is 9.84 Å². The second-order valence-electron chi connectivity index (χ2n) is 7.32. The van der Waals surface area contributed by atoms with E-state index in [1.165, 1.54) is 0 Å². The predicted octanol–water partition coefficient (Wildman–Crippen LogP) is 2.31. The number of sulfone groups is 1. The zero-order valence-corrected chi connectivity index (χ0v) is 20.1. The molecule has 1 fully saturated rings. The van der Waals surface area contributed by atoms with Gasteiger partial charge in [0.15, 0.2) is 15.8 Å². The first kappa shape index (κ1) is 24.2. The summed E-state index contributed by atoms with van der Waals surface area (Å²) < 4.78 is 23.6. The maximum Gasteiger partial charge on any atom is 0.191 e. The van der Waals surface area contributed by atoms with Crippen LogP contribution in [-0.4, -0.2) is 62.6 Å². The lowest BCUT2D eigenvalue weighted by atomic mass is 10.3. The van der Waals surface area contributed by atoms with Crippen LogP contribution in [0.2, 0.25) is 5.02 Å².